The molecular weight excluding hydrogens is 414 g/mol. The molecule has 1 aliphatic carbocycles. The van der Waals surface area contributed by atoms with Crippen molar-refractivity contribution in [1.29, 1.82) is 0 Å². The third kappa shape index (κ3) is 4.98. The van der Waals surface area contributed by atoms with Gasteiger partial charge in [0, 0.05) is 19.1 Å². The van der Waals surface area contributed by atoms with Crippen LogP contribution in [0.1, 0.15) is 44.1 Å². The second kappa shape index (κ2) is 9.99. The summed E-state index contributed by atoms with van der Waals surface area (Å²) < 4.78 is 32.4. The Hall–Kier alpha value is -1.47. The fraction of sp³-hybridized carbons (Fsp3) is 0.520. The van der Waals surface area contributed by atoms with Crippen LogP contribution in [-0.4, -0.2) is 41.6 Å². The summed E-state index contributed by atoms with van der Waals surface area (Å²) in [5.74, 6) is -0.450. The highest BCUT2D eigenvalue weighted by atomic mass is 32.2. The zero-order chi connectivity index (χ0) is 22.0. The molecule has 0 spiro atoms. The number of benzene rings is 2. The van der Waals surface area contributed by atoms with Crippen LogP contribution in [0.4, 0.5) is 8.78 Å². The fourth-order valence-electron chi connectivity index (χ4n) is 5.18. The molecule has 2 aliphatic rings. The summed E-state index contributed by atoms with van der Waals surface area (Å²) in [7, 11) is 0. The Morgan fingerprint density at radius 1 is 1.10 bits per heavy atom. The standard InChI is InChI=1S/C25H32F2N2OS/c1-16(25(30)29-13-6-5-8-17(15-29)28-31-2)20-14-21(20)18-9-3-4-10-19(18)24-22(26)11-7-12-23(24)27/h3-4,7,9-12,16-17,20-21,25,28,30H,5-6,8,13-15H2,1-2H3/t16?,17-,20?,21?,25?/m1/s1. The summed E-state index contributed by atoms with van der Waals surface area (Å²) in [5, 5.41) is 11.2. The zero-order valence-corrected chi connectivity index (χ0v) is 19.0. The third-order valence-corrected chi connectivity index (χ3v) is 7.51. The summed E-state index contributed by atoms with van der Waals surface area (Å²) in [5.41, 5.74) is 1.66. The number of rotatable bonds is 7. The molecule has 0 radical (unpaired) electrons. The normalized spacial score (nSPS) is 26.3. The van der Waals surface area contributed by atoms with Gasteiger partial charge in [-0.05, 0) is 66.5 Å². The topological polar surface area (TPSA) is 35.5 Å². The van der Waals surface area contributed by atoms with Gasteiger partial charge in [0.25, 0.3) is 0 Å². The number of nitrogens with one attached hydrogen (secondary N) is 1. The fourth-order valence-corrected chi connectivity index (χ4v) is 5.71. The monoisotopic (exact) mass is 446 g/mol. The highest BCUT2D eigenvalue weighted by Crippen LogP contribution is 2.55. The minimum absolute atomic E-state index is 0.0513. The number of nitrogens with zero attached hydrogens (tertiary/aromatic N) is 1. The van der Waals surface area contributed by atoms with Crippen LogP contribution in [0.2, 0.25) is 0 Å². The molecule has 0 aromatic heterocycles. The zero-order valence-electron chi connectivity index (χ0n) is 18.2. The van der Waals surface area contributed by atoms with Crippen LogP contribution in [0, 0.1) is 23.5 Å². The van der Waals surface area contributed by atoms with Crippen molar-refractivity contribution >= 4 is 11.9 Å². The van der Waals surface area contributed by atoms with Crippen LogP contribution in [0.5, 0.6) is 0 Å². The molecule has 2 aromatic carbocycles. The van der Waals surface area contributed by atoms with Crippen molar-refractivity contribution in [2.24, 2.45) is 11.8 Å². The molecule has 1 heterocycles. The van der Waals surface area contributed by atoms with E-state index in [1.807, 2.05) is 24.5 Å². The van der Waals surface area contributed by atoms with Crippen molar-refractivity contribution in [1.82, 2.24) is 9.62 Å². The minimum Gasteiger partial charge on any atom is -0.378 e. The molecule has 2 fully saturated rings. The lowest BCUT2D eigenvalue weighted by Crippen LogP contribution is -2.46. The molecule has 3 nitrogen and oxygen atoms in total. The lowest BCUT2D eigenvalue weighted by molar-refractivity contribution is -0.0423. The van der Waals surface area contributed by atoms with Crippen LogP contribution in [0.15, 0.2) is 42.5 Å². The predicted octanol–water partition coefficient (Wildman–Crippen LogP) is 5.41. The lowest BCUT2D eigenvalue weighted by atomic mass is 9.92. The van der Waals surface area contributed by atoms with E-state index in [-0.39, 0.29) is 17.4 Å². The Kier molecular flexibility index (Phi) is 7.32. The number of aliphatic hydroxyl groups excluding tert-OH is 1. The van der Waals surface area contributed by atoms with E-state index in [1.165, 1.54) is 24.6 Å². The molecular formula is C25H32F2N2OS. The predicted molar refractivity (Wildman–Crippen MR) is 124 cm³/mol. The molecule has 6 heteroatoms. The summed E-state index contributed by atoms with van der Waals surface area (Å²) in [4.78, 5) is 2.21. The number of aliphatic hydroxyl groups is 1. The maximum absolute atomic E-state index is 14.5. The molecule has 4 rings (SSSR count). The number of halogens is 2. The molecule has 1 saturated carbocycles. The van der Waals surface area contributed by atoms with E-state index < -0.39 is 17.9 Å². The molecule has 1 saturated heterocycles. The Bertz CT molecular complexity index is 875. The van der Waals surface area contributed by atoms with Crippen LogP contribution < -0.4 is 4.72 Å². The van der Waals surface area contributed by atoms with Crippen molar-refractivity contribution in [3.05, 3.63) is 59.7 Å². The van der Waals surface area contributed by atoms with E-state index in [1.54, 1.807) is 18.0 Å². The molecule has 5 atom stereocenters. The van der Waals surface area contributed by atoms with Crippen LogP contribution in [0.3, 0.4) is 0 Å². The first-order valence-corrected chi connectivity index (χ1v) is 12.5. The van der Waals surface area contributed by atoms with E-state index in [4.69, 9.17) is 0 Å². The second-order valence-corrected chi connectivity index (χ2v) is 9.62. The first kappa shape index (κ1) is 22.7. The van der Waals surface area contributed by atoms with Gasteiger partial charge in [-0.2, -0.15) is 0 Å². The van der Waals surface area contributed by atoms with Gasteiger partial charge in [0.15, 0.2) is 0 Å². The first-order valence-electron chi connectivity index (χ1n) is 11.2. The van der Waals surface area contributed by atoms with Gasteiger partial charge in [0.2, 0.25) is 0 Å². The average molecular weight is 447 g/mol. The molecule has 0 bridgehead atoms. The van der Waals surface area contributed by atoms with Crippen molar-refractivity contribution in [2.75, 3.05) is 19.3 Å². The van der Waals surface area contributed by atoms with Crippen LogP contribution >= 0.6 is 11.9 Å². The average Bonchev–Trinajstić information content (AvgIpc) is 3.57. The van der Waals surface area contributed by atoms with Crippen molar-refractivity contribution in [3.8, 4) is 11.1 Å². The van der Waals surface area contributed by atoms with E-state index in [0.29, 0.717) is 17.5 Å². The van der Waals surface area contributed by atoms with E-state index in [9.17, 15) is 13.9 Å². The van der Waals surface area contributed by atoms with Gasteiger partial charge < -0.3 is 5.11 Å². The highest BCUT2D eigenvalue weighted by Gasteiger charge is 2.46. The van der Waals surface area contributed by atoms with Gasteiger partial charge in [-0.25, -0.2) is 8.78 Å². The van der Waals surface area contributed by atoms with Gasteiger partial charge in [0.1, 0.15) is 17.9 Å². The summed E-state index contributed by atoms with van der Waals surface area (Å²) in [6, 6.07) is 12.0. The Labute approximate surface area is 188 Å². The molecule has 0 amide bonds. The van der Waals surface area contributed by atoms with Crippen molar-refractivity contribution in [3.63, 3.8) is 0 Å². The molecule has 1 aliphatic heterocycles. The van der Waals surface area contributed by atoms with E-state index in [2.05, 4.69) is 16.5 Å². The van der Waals surface area contributed by atoms with E-state index >= 15 is 0 Å². The maximum Gasteiger partial charge on any atom is 0.133 e. The Morgan fingerprint density at radius 3 is 2.58 bits per heavy atom. The van der Waals surface area contributed by atoms with Gasteiger partial charge in [-0.15, -0.1) is 0 Å². The van der Waals surface area contributed by atoms with Gasteiger partial charge in [0.05, 0.1) is 5.56 Å². The number of likely N-dealkylation sites (tertiary alicyclic amines) is 1. The minimum atomic E-state index is -0.533. The van der Waals surface area contributed by atoms with Gasteiger partial charge >= 0.3 is 0 Å². The van der Waals surface area contributed by atoms with Gasteiger partial charge in [-0.1, -0.05) is 55.6 Å². The molecule has 2 N–H and O–H groups in total. The number of hydrogen-bond donors (Lipinski definition) is 2. The highest BCUT2D eigenvalue weighted by molar-refractivity contribution is 7.96. The molecule has 168 valence electrons. The third-order valence-electron chi connectivity index (χ3n) is 6.94. The summed E-state index contributed by atoms with van der Waals surface area (Å²) in [6.07, 6.45) is 5.87. The Balaban J connectivity index is 1.50. The van der Waals surface area contributed by atoms with Crippen LogP contribution in [0.25, 0.3) is 11.1 Å². The molecule has 31 heavy (non-hydrogen) atoms. The number of hydrogen-bond acceptors (Lipinski definition) is 4. The second-order valence-electron chi connectivity index (χ2n) is 8.97. The van der Waals surface area contributed by atoms with E-state index in [0.717, 1.165) is 37.9 Å². The summed E-state index contributed by atoms with van der Waals surface area (Å²) >= 11 is 1.64. The largest absolute Gasteiger partial charge is 0.378 e. The maximum atomic E-state index is 14.5. The smallest absolute Gasteiger partial charge is 0.133 e. The first-order chi connectivity index (χ1) is 15.0. The SMILES string of the molecule is CSN[C@@H]1CCCCN(C(O)C(C)C2CC2c2ccccc2-c2c(F)cccc2F)C1. The van der Waals surface area contributed by atoms with Crippen molar-refractivity contribution < 1.29 is 13.9 Å². The Morgan fingerprint density at radius 2 is 1.84 bits per heavy atom. The quantitative estimate of drug-likeness (QED) is 0.558. The summed E-state index contributed by atoms with van der Waals surface area (Å²) in [6.45, 7) is 3.87. The van der Waals surface area contributed by atoms with Crippen molar-refractivity contribution in [2.45, 2.75) is 50.8 Å². The molecule has 4 unspecified atom stereocenters. The molecule has 2 aromatic rings. The lowest BCUT2D eigenvalue weighted by Gasteiger charge is -2.33. The van der Waals surface area contributed by atoms with Crippen LogP contribution in [-0.2, 0) is 0 Å². The van der Waals surface area contributed by atoms with Gasteiger partial charge in [-0.3, -0.25) is 9.62 Å².